The average Bonchev–Trinajstić information content (AvgIpc) is 3.23. The monoisotopic (exact) mass is 403 g/mol. The number of carbonyl (C=O) groups is 1. The highest BCUT2D eigenvalue weighted by Crippen LogP contribution is 2.32. The normalized spacial score (nSPS) is 13.7. The molecule has 0 aliphatic rings. The fraction of sp³-hybridized carbons (Fsp3) is 0.429. The van der Waals surface area contributed by atoms with E-state index in [0.717, 1.165) is 39.3 Å². The van der Waals surface area contributed by atoms with Crippen LogP contribution < -0.4 is 0 Å². The van der Waals surface area contributed by atoms with Crippen molar-refractivity contribution >= 4 is 39.1 Å². The molecule has 1 amide bonds. The highest BCUT2D eigenvalue weighted by atomic mass is 35.5. The van der Waals surface area contributed by atoms with Crippen LogP contribution in [0.5, 0.6) is 0 Å². The van der Waals surface area contributed by atoms with E-state index >= 15 is 0 Å². The van der Waals surface area contributed by atoms with Gasteiger partial charge in [-0.15, -0.1) is 11.3 Å². The van der Waals surface area contributed by atoms with Crippen LogP contribution in [0.25, 0.3) is 15.9 Å². The molecule has 0 spiro atoms. The molecule has 0 saturated heterocycles. The number of amides is 1. The lowest BCUT2D eigenvalue weighted by molar-refractivity contribution is 0.0603. The fourth-order valence-corrected chi connectivity index (χ4v) is 4.52. The molecule has 2 aromatic heterocycles. The van der Waals surface area contributed by atoms with Gasteiger partial charge in [0.05, 0.1) is 16.3 Å². The molecule has 6 heteroatoms. The molecule has 4 nitrogen and oxygen atoms in total. The van der Waals surface area contributed by atoms with Gasteiger partial charge in [0.15, 0.2) is 0 Å². The lowest BCUT2D eigenvalue weighted by atomic mass is 10.1. The molecule has 0 N–H and O–H groups in total. The molecule has 0 aliphatic heterocycles. The quantitative estimate of drug-likeness (QED) is 0.499. The van der Waals surface area contributed by atoms with Crippen LogP contribution in [0.1, 0.15) is 55.9 Å². The van der Waals surface area contributed by atoms with Crippen LogP contribution in [0.15, 0.2) is 30.3 Å². The lowest BCUT2D eigenvalue weighted by Gasteiger charge is -2.33. The van der Waals surface area contributed by atoms with Crippen LogP contribution in [-0.4, -0.2) is 32.7 Å². The number of thiophene rings is 1. The molecule has 2 atom stereocenters. The zero-order valence-corrected chi connectivity index (χ0v) is 18.1. The molecule has 0 radical (unpaired) electrons. The van der Waals surface area contributed by atoms with Crippen molar-refractivity contribution in [3.63, 3.8) is 0 Å². The van der Waals surface area contributed by atoms with E-state index in [9.17, 15) is 4.79 Å². The van der Waals surface area contributed by atoms with E-state index in [1.807, 2.05) is 46.8 Å². The maximum atomic E-state index is 13.3. The highest BCUT2D eigenvalue weighted by molar-refractivity contribution is 7.20. The maximum absolute atomic E-state index is 13.3. The predicted molar refractivity (Wildman–Crippen MR) is 114 cm³/mol. The minimum Gasteiger partial charge on any atom is -0.333 e. The topological polar surface area (TPSA) is 38.1 Å². The van der Waals surface area contributed by atoms with Gasteiger partial charge in [-0.05, 0) is 63.9 Å². The predicted octanol–water partition coefficient (Wildman–Crippen LogP) is 6.09. The SMILES string of the molecule is CC[C@@H](C)N(C(=O)c1cc2c(C)nn(-c3ccc(Cl)cc3)c2s1)[C@H](C)CC. The van der Waals surface area contributed by atoms with Crippen LogP contribution in [0.2, 0.25) is 5.02 Å². The van der Waals surface area contributed by atoms with E-state index in [4.69, 9.17) is 11.6 Å². The second-order valence-corrected chi connectivity index (χ2v) is 8.50. The van der Waals surface area contributed by atoms with Crippen LogP contribution >= 0.6 is 22.9 Å². The summed E-state index contributed by atoms with van der Waals surface area (Å²) in [4.78, 5) is 17.1. The Kier molecular flexibility index (Phi) is 5.92. The molecular weight excluding hydrogens is 378 g/mol. The Balaban J connectivity index is 2.05. The third-order valence-corrected chi connectivity index (χ3v) is 6.54. The van der Waals surface area contributed by atoms with Gasteiger partial charge in [-0.2, -0.15) is 5.10 Å². The molecule has 3 rings (SSSR count). The number of aryl methyl sites for hydroxylation is 1. The van der Waals surface area contributed by atoms with Gasteiger partial charge in [-0.25, -0.2) is 4.68 Å². The first kappa shape index (κ1) is 19.9. The van der Waals surface area contributed by atoms with E-state index in [1.54, 1.807) is 0 Å². The van der Waals surface area contributed by atoms with E-state index in [2.05, 4.69) is 32.8 Å². The summed E-state index contributed by atoms with van der Waals surface area (Å²) in [6.45, 7) is 10.5. The molecule has 0 aliphatic carbocycles. The Morgan fingerprint density at radius 1 is 1.19 bits per heavy atom. The second-order valence-electron chi connectivity index (χ2n) is 7.03. The van der Waals surface area contributed by atoms with Gasteiger partial charge < -0.3 is 4.90 Å². The summed E-state index contributed by atoms with van der Waals surface area (Å²) < 4.78 is 1.90. The molecule has 0 fully saturated rings. The van der Waals surface area contributed by atoms with Crippen LogP contribution in [0.3, 0.4) is 0 Å². The number of benzene rings is 1. The molecule has 27 heavy (non-hydrogen) atoms. The zero-order valence-electron chi connectivity index (χ0n) is 16.5. The van der Waals surface area contributed by atoms with Crippen molar-refractivity contribution in [3.05, 3.63) is 45.9 Å². The van der Waals surface area contributed by atoms with Crippen molar-refractivity contribution in [3.8, 4) is 5.69 Å². The van der Waals surface area contributed by atoms with Gasteiger partial charge in [0.25, 0.3) is 5.91 Å². The fourth-order valence-electron chi connectivity index (χ4n) is 3.27. The molecule has 0 saturated carbocycles. The molecule has 3 aromatic rings. The summed E-state index contributed by atoms with van der Waals surface area (Å²) in [5.41, 5.74) is 1.87. The molecule has 1 aromatic carbocycles. The van der Waals surface area contributed by atoms with Gasteiger partial charge in [-0.1, -0.05) is 25.4 Å². The van der Waals surface area contributed by atoms with Gasteiger partial charge in [0.1, 0.15) is 4.83 Å². The van der Waals surface area contributed by atoms with Crippen molar-refractivity contribution in [2.75, 3.05) is 0 Å². The smallest absolute Gasteiger partial charge is 0.264 e. The number of fused-ring (bicyclic) bond motifs is 1. The Morgan fingerprint density at radius 2 is 1.78 bits per heavy atom. The second kappa shape index (κ2) is 8.03. The first-order valence-corrected chi connectivity index (χ1v) is 10.6. The summed E-state index contributed by atoms with van der Waals surface area (Å²) in [7, 11) is 0. The summed E-state index contributed by atoms with van der Waals surface area (Å²) in [6, 6.07) is 10.0. The Labute approximate surface area is 169 Å². The zero-order chi connectivity index (χ0) is 19.7. The highest BCUT2D eigenvalue weighted by Gasteiger charge is 2.27. The van der Waals surface area contributed by atoms with Gasteiger partial charge in [0.2, 0.25) is 0 Å². The van der Waals surface area contributed by atoms with E-state index in [0.29, 0.717) is 5.02 Å². The van der Waals surface area contributed by atoms with Crippen molar-refractivity contribution in [1.29, 1.82) is 0 Å². The number of rotatable bonds is 6. The number of halogens is 1. The minimum atomic E-state index is 0.113. The molecule has 144 valence electrons. The van der Waals surface area contributed by atoms with Crippen molar-refractivity contribution in [2.24, 2.45) is 0 Å². The number of aromatic nitrogens is 2. The number of hydrogen-bond acceptors (Lipinski definition) is 3. The number of nitrogens with zero attached hydrogens (tertiary/aromatic N) is 3. The van der Waals surface area contributed by atoms with Gasteiger partial charge in [0, 0.05) is 22.5 Å². The Bertz CT molecular complexity index is 934. The first-order chi connectivity index (χ1) is 12.9. The maximum Gasteiger partial charge on any atom is 0.264 e. The number of carbonyl (C=O) groups excluding carboxylic acids is 1. The van der Waals surface area contributed by atoms with Gasteiger partial charge in [-0.3, -0.25) is 4.79 Å². The standard InChI is InChI=1S/C21H26ClN3OS/c1-6-13(3)24(14(4)7-2)20(26)19-12-18-15(5)23-25(21(18)27-19)17-10-8-16(22)9-11-17/h8-14H,6-7H2,1-5H3/t13-,14-/m1/s1. The summed E-state index contributed by atoms with van der Waals surface area (Å²) in [6.07, 6.45) is 1.89. The van der Waals surface area contributed by atoms with Gasteiger partial charge >= 0.3 is 0 Å². The van der Waals surface area contributed by atoms with Crippen LogP contribution in [0, 0.1) is 6.92 Å². The largest absolute Gasteiger partial charge is 0.333 e. The summed E-state index contributed by atoms with van der Waals surface area (Å²) in [5.74, 6) is 0.113. The minimum absolute atomic E-state index is 0.113. The van der Waals surface area contributed by atoms with E-state index in [-0.39, 0.29) is 18.0 Å². The summed E-state index contributed by atoms with van der Waals surface area (Å²) >= 11 is 7.52. The van der Waals surface area contributed by atoms with Crippen LogP contribution in [0.4, 0.5) is 0 Å². The van der Waals surface area contributed by atoms with E-state index < -0.39 is 0 Å². The molecule has 0 unspecified atom stereocenters. The third-order valence-electron chi connectivity index (χ3n) is 5.19. The molecular formula is C21H26ClN3OS. The van der Waals surface area contributed by atoms with E-state index in [1.165, 1.54) is 11.3 Å². The molecule has 0 bridgehead atoms. The first-order valence-electron chi connectivity index (χ1n) is 9.45. The Morgan fingerprint density at radius 3 is 2.33 bits per heavy atom. The summed E-state index contributed by atoms with van der Waals surface area (Å²) in [5, 5.41) is 6.38. The number of hydrogen-bond donors (Lipinski definition) is 0. The lowest BCUT2D eigenvalue weighted by Crippen LogP contribution is -2.44. The molecule has 2 heterocycles. The Hall–Kier alpha value is -1.85. The van der Waals surface area contributed by atoms with Crippen molar-refractivity contribution in [1.82, 2.24) is 14.7 Å². The third kappa shape index (κ3) is 3.76. The van der Waals surface area contributed by atoms with Crippen molar-refractivity contribution < 1.29 is 4.79 Å². The average molecular weight is 404 g/mol. The van der Waals surface area contributed by atoms with Crippen LogP contribution in [-0.2, 0) is 0 Å². The van der Waals surface area contributed by atoms with Crippen molar-refractivity contribution in [2.45, 2.75) is 59.5 Å².